The molecule has 0 bridgehead atoms. The summed E-state index contributed by atoms with van der Waals surface area (Å²) in [5.74, 6) is -0.280. The molecule has 0 unspecified atom stereocenters. The quantitative estimate of drug-likeness (QED) is 0.301. The van der Waals surface area contributed by atoms with E-state index in [1.54, 1.807) is 41.1 Å². The molecule has 2 atom stereocenters. The number of ether oxygens (including phenoxy) is 1. The van der Waals surface area contributed by atoms with Crippen LogP contribution in [0.4, 0.5) is 15.0 Å². The molecule has 4 aromatic rings. The summed E-state index contributed by atoms with van der Waals surface area (Å²) in [4.78, 5) is 41.6. The molecule has 2 N–H and O–H groups in total. The maximum absolute atomic E-state index is 14.0. The van der Waals surface area contributed by atoms with Gasteiger partial charge >= 0.3 is 6.03 Å². The summed E-state index contributed by atoms with van der Waals surface area (Å²) in [5.41, 5.74) is 4.63. The topological polar surface area (TPSA) is 127 Å². The maximum Gasteiger partial charge on any atom is 0.320 e. The van der Waals surface area contributed by atoms with Crippen LogP contribution in [0.25, 0.3) is 16.9 Å². The number of hydroxylamine groups is 2. The zero-order valence-electron chi connectivity index (χ0n) is 24.0. The zero-order chi connectivity index (χ0) is 30.1. The molecule has 0 spiro atoms. The Bertz CT molecular complexity index is 1660. The number of carbonyl (C=O) groups is 2. The highest BCUT2D eigenvalue weighted by Gasteiger charge is 2.37. The predicted molar refractivity (Wildman–Crippen MR) is 155 cm³/mol. The number of aromatic nitrogens is 4. The number of halogens is 1. The van der Waals surface area contributed by atoms with Crippen LogP contribution in [0.15, 0.2) is 60.9 Å². The summed E-state index contributed by atoms with van der Waals surface area (Å²) in [7, 11) is 3.33. The minimum Gasteiger partial charge on any atom is -0.383 e. The van der Waals surface area contributed by atoms with Gasteiger partial charge in [0, 0.05) is 62.9 Å². The van der Waals surface area contributed by atoms with Crippen molar-refractivity contribution in [3.05, 3.63) is 89.3 Å². The van der Waals surface area contributed by atoms with Crippen LogP contribution < -0.4 is 10.6 Å². The fourth-order valence-corrected chi connectivity index (χ4v) is 5.38. The Hall–Kier alpha value is -4.72. The first-order valence-corrected chi connectivity index (χ1v) is 13.8. The number of anilines is 1. The van der Waals surface area contributed by atoms with Crippen LogP contribution in [0.5, 0.6) is 0 Å². The molecule has 1 saturated heterocycles. The summed E-state index contributed by atoms with van der Waals surface area (Å²) in [6.07, 6.45) is 2.37. The van der Waals surface area contributed by atoms with Crippen LogP contribution in [0.1, 0.15) is 33.3 Å². The second kappa shape index (κ2) is 11.9. The van der Waals surface area contributed by atoms with Crippen LogP contribution in [0.3, 0.4) is 0 Å². The van der Waals surface area contributed by atoms with Crippen molar-refractivity contribution in [2.24, 2.45) is 0 Å². The Morgan fingerprint density at radius 3 is 2.74 bits per heavy atom. The van der Waals surface area contributed by atoms with Gasteiger partial charge in [-0.25, -0.2) is 14.5 Å². The third-order valence-corrected chi connectivity index (χ3v) is 7.52. The number of hydrogen-bond acceptors (Lipinski definition) is 8. The monoisotopic (exact) mass is 586 g/mol. The van der Waals surface area contributed by atoms with Crippen LogP contribution in [0, 0.1) is 12.9 Å². The molecule has 2 aliphatic rings. The molecule has 0 radical (unpaired) electrons. The lowest BCUT2D eigenvalue weighted by atomic mass is 10.0. The number of urea groups is 1. The molecule has 13 heteroatoms. The maximum atomic E-state index is 14.0. The Balaban J connectivity index is 1.29. The molecule has 222 valence electrons. The number of methoxy groups -OCH3 is 1. The Kier molecular flexibility index (Phi) is 7.84. The van der Waals surface area contributed by atoms with Gasteiger partial charge < -0.3 is 15.0 Å². The first-order valence-electron chi connectivity index (χ1n) is 13.8. The van der Waals surface area contributed by atoms with E-state index < -0.39 is 24.1 Å². The molecule has 0 saturated carbocycles. The van der Waals surface area contributed by atoms with Gasteiger partial charge in [-0.1, -0.05) is 18.2 Å². The number of nitrogens with one attached hydrogen (secondary N) is 2. The molecular weight excluding hydrogens is 555 g/mol. The van der Waals surface area contributed by atoms with Gasteiger partial charge in [0.15, 0.2) is 0 Å². The van der Waals surface area contributed by atoms with Crippen LogP contribution in [-0.2, 0) is 16.1 Å². The van der Waals surface area contributed by atoms with E-state index in [4.69, 9.17) is 14.7 Å². The average molecular weight is 587 g/mol. The van der Waals surface area contributed by atoms with Gasteiger partial charge in [-0.3, -0.25) is 19.9 Å². The molecular formula is C30H31FN8O4. The number of fused-ring (bicyclic) bond motifs is 1. The first kappa shape index (κ1) is 28.4. The van der Waals surface area contributed by atoms with Gasteiger partial charge in [0.2, 0.25) is 5.95 Å². The third-order valence-electron chi connectivity index (χ3n) is 7.52. The lowest BCUT2D eigenvalue weighted by molar-refractivity contribution is -0.154. The van der Waals surface area contributed by atoms with Gasteiger partial charge in [-0.15, -0.1) is 0 Å². The van der Waals surface area contributed by atoms with Crippen molar-refractivity contribution in [2.45, 2.75) is 25.6 Å². The van der Waals surface area contributed by atoms with E-state index in [-0.39, 0.29) is 5.91 Å². The molecule has 1 fully saturated rings. The third kappa shape index (κ3) is 5.69. The van der Waals surface area contributed by atoms with Crippen molar-refractivity contribution in [1.29, 1.82) is 0 Å². The first-order chi connectivity index (χ1) is 20.8. The average Bonchev–Trinajstić information content (AvgIpc) is 3.65. The van der Waals surface area contributed by atoms with E-state index in [1.165, 1.54) is 12.3 Å². The SMILES string of the molecule is COCCN1C[C@@H](NC(=O)Nc2c(C)c(-c3cnc4c(c3)CN(C)C4=O)nn2-c2ccccc2)[C@H](c2ccnc(F)c2)O1. The number of pyridine rings is 2. The normalized spacial score (nSPS) is 18.2. The lowest BCUT2D eigenvalue weighted by Gasteiger charge is -2.19. The number of nitrogens with zero attached hydrogens (tertiary/aromatic N) is 6. The van der Waals surface area contributed by atoms with E-state index >= 15 is 0 Å². The van der Waals surface area contributed by atoms with E-state index in [0.717, 1.165) is 22.4 Å². The number of carbonyl (C=O) groups excluding carboxylic acids is 2. The number of hydrogen-bond donors (Lipinski definition) is 2. The smallest absolute Gasteiger partial charge is 0.320 e. The molecule has 43 heavy (non-hydrogen) atoms. The van der Waals surface area contributed by atoms with E-state index in [1.807, 2.05) is 43.3 Å². The van der Waals surface area contributed by atoms with E-state index in [0.29, 0.717) is 49.0 Å². The fourth-order valence-electron chi connectivity index (χ4n) is 5.38. The van der Waals surface area contributed by atoms with Crippen molar-refractivity contribution in [2.75, 3.05) is 39.2 Å². The van der Waals surface area contributed by atoms with Crippen molar-refractivity contribution in [1.82, 2.24) is 35.0 Å². The van der Waals surface area contributed by atoms with Crippen LogP contribution in [0.2, 0.25) is 0 Å². The second-order valence-electron chi connectivity index (χ2n) is 10.5. The zero-order valence-corrected chi connectivity index (χ0v) is 24.0. The minimum atomic E-state index is -0.633. The predicted octanol–water partition coefficient (Wildman–Crippen LogP) is 3.49. The molecule has 6 rings (SSSR count). The van der Waals surface area contributed by atoms with Crippen molar-refractivity contribution in [3.63, 3.8) is 0 Å². The van der Waals surface area contributed by atoms with Crippen LogP contribution >= 0.6 is 0 Å². The Labute approximate surface area is 247 Å². The minimum absolute atomic E-state index is 0.114. The number of amides is 3. The van der Waals surface area contributed by atoms with Crippen molar-refractivity contribution < 1.29 is 23.6 Å². The van der Waals surface area contributed by atoms with Gasteiger partial charge in [0.25, 0.3) is 5.91 Å². The van der Waals surface area contributed by atoms with E-state index in [2.05, 4.69) is 20.6 Å². The molecule has 3 aromatic heterocycles. The van der Waals surface area contributed by atoms with Crippen LogP contribution in [-0.4, -0.2) is 81.5 Å². The summed E-state index contributed by atoms with van der Waals surface area (Å²) >= 11 is 0. The molecule has 12 nitrogen and oxygen atoms in total. The molecule has 1 aromatic carbocycles. The van der Waals surface area contributed by atoms with Gasteiger partial charge in [0.1, 0.15) is 17.6 Å². The number of benzene rings is 1. The summed E-state index contributed by atoms with van der Waals surface area (Å²) in [6.45, 7) is 3.60. The van der Waals surface area contributed by atoms with Gasteiger partial charge in [0.05, 0.1) is 24.0 Å². The van der Waals surface area contributed by atoms with E-state index in [9.17, 15) is 14.0 Å². The molecule has 0 aliphatic carbocycles. The Morgan fingerprint density at radius 2 is 1.98 bits per heavy atom. The van der Waals surface area contributed by atoms with Gasteiger partial charge in [-0.05, 0) is 42.8 Å². The molecule has 5 heterocycles. The van der Waals surface area contributed by atoms with Gasteiger partial charge in [-0.2, -0.15) is 14.6 Å². The summed E-state index contributed by atoms with van der Waals surface area (Å²) < 4.78 is 20.8. The van der Waals surface area contributed by atoms with Crippen molar-refractivity contribution in [3.8, 4) is 16.9 Å². The second-order valence-corrected chi connectivity index (χ2v) is 10.5. The highest BCUT2D eigenvalue weighted by molar-refractivity contribution is 5.97. The lowest BCUT2D eigenvalue weighted by Crippen LogP contribution is -2.42. The number of rotatable bonds is 8. The molecule has 3 amide bonds. The number of para-hydroxylation sites is 1. The summed E-state index contributed by atoms with van der Waals surface area (Å²) in [5, 5.41) is 12.5. The summed E-state index contributed by atoms with van der Waals surface area (Å²) in [6, 6.07) is 13.4. The molecule has 2 aliphatic heterocycles. The van der Waals surface area contributed by atoms with Crippen molar-refractivity contribution >= 4 is 17.8 Å². The fraction of sp³-hybridized carbons (Fsp3) is 0.300. The highest BCUT2D eigenvalue weighted by atomic mass is 19.1. The standard InChI is InChI=1S/C30H31FN8O4/c1-18-25(20-13-21-16-37(2)29(40)26(21)33-15-20)36-39(22-7-5-4-6-8-22)28(18)35-30(41)34-23-17-38(11-12-42-3)43-27(23)19-9-10-32-24(31)14-19/h4-10,13-15,23,27H,11-12,16-17H2,1-3H3,(H2,34,35,41)/t23-,27+/m1/s1. The largest absolute Gasteiger partial charge is 0.383 e. The highest BCUT2D eigenvalue weighted by Crippen LogP contribution is 2.33. The Morgan fingerprint density at radius 1 is 1.16 bits per heavy atom.